The number of hydrogen-bond donors (Lipinski definition) is 0. The second kappa shape index (κ2) is 6.20. The Hall–Kier alpha value is -2.47. The molecule has 1 aromatic carbocycles. The monoisotopic (exact) mass is 349 g/mol. The minimum atomic E-state index is -0.775. The van der Waals surface area contributed by atoms with E-state index in [2.05, 4.69) is 10.1 Å². The van der Waals surface area contributed by atoms with E-state index in [0.29, 0.717) is 11.3 Å². The van der Waals surface area contributed by atoms with E-state index in [1.807, 2.05) is 6.92 Å². The first-order valence-corrected chi connectivity index (χ1v) is 7.49. The smallest absolute Gasteiger partial charge is 0.159 e. The predicted molar refractivity (Wildman–Crippen MR) is 88.1 cm³/mol. The van der Waals surface area contributed by atoms with E-state index in [1.54, 1.807) is 25.4 Å². The summed E-state index contributed by atoms with van der Waals surface area (Å²) in [5.41, 5.74) is 1.91. The van der Waals surface area contributed by atoms with Crippen LogP contribution in [0.1, 0.15) is 5.69 Å². The van der Waals surface area contributed by atoms with Gasteiger partial charge in [-0.3, -0.25) is 9.67 Å². The molecule has 0 amide bonds. The lowest BCUT2D eigenvalue weighted by Crippen LogP contribution is -1.98. The molecule has 2 aromatic heterocycles. The molecule has 0 aliphatic carbocycles. The molecular formula is C17H14ClF2N3O. The topological polar surface area (TPSA) is 39.9 Å². The summed E-state index contributed by atoms with van der Waals surface area (Å²) in [7, 11) is 3.00. The van der Waals surface area contributed by atoms with E-state index in [1.165, 1.54) is 11.8 Å². The fraction of sp³-hybridized carbons (Fsp3) is 0.176. The fourth-order valence-electron chi connectivity index (χ4n) is 2.56. The number of methoxy groups -OCH3 is 1. The van der Waals surface area contributed by atoms with Crippen molar-refractivity contribution in [2.75, 3.05) is 7.11 Å². The van der Waals surface area contributed by atoms with Crippen molar-refractivity contribution in [2.45, 2.75) is 6.92 Å². The molecule has 0 bridgehead atoms. The second-order valence-corrected chi connectivity index (χ2v) is 5.65. The third kappa shape index (κ3) is 2.73. The van der Waals surface area contributed by atoms with Crippen LogP contribution in [0.15, 0.2) is 30.5 Å². The molecule has 0 unspecified atom stereocenters. The molecule has 0 spiro atoms. The summed E-state index contributed by atoms with van der Waals surface area (Å²) in [5.74, 6) is -1.46. The Morgan fingerprint density at radius 2 is 1.79 bits per heavy atom. The van der Waals surface area contributed by atoms with Crippen molar-refractivity contribution < 1.29 is 13.5 Å². The van der Waals surface area contributed by atoms with E-state index < -0.39 is 11.6 Å². The molecule has 3 aromatic rings. The Bertz CT molecular complexity index is 884. The summed E-state index contributed by atoms with van der Waals surface area (Å²) >= 11 is 6.17. The molecule has 0 N–H and O–H groups in total. The summed E-state index contributed by atoms with van der Waals surface area (Å²) in [4.78, 5) is 4.22. The van der Waals surface area contributed by atoms with Gasteiger partial charge in [-0.2, -0.15) is 5.10 Å². The van der Waals surface area contributed by atoms with Crippen LogP contribution in [0.25, 0.3) is 22.4 Å². The predicted octanol–water partition coefficient (Wildman–Crippen LogP) is 4.40. The van der Waals surface area contributed by atoms with Crippen molar-refractivity contribution in [3.05, 3.63) is 52.9 Å². The number of pyridine rings is 1. The van der Waals surface area contributed by atoms with Crippen LogP contribution >= 0.6 is 11.6 Å². The van der Waals surface area contributed by atoms with Crippen molar-refractivity contribution >= 4 is 11.6 Å². The summed E-state index contributed by atoms with van der Waals surface area (Å²) < 4.78 is 35.4. The molecule has 4 nitrogen and oxygen atoms in total. The zero-order chi connectivity index (χ0) is 17.4. The highest BCUT2D eigenvalue weighted by Crippen LogP contribution is 2.40. The minimum absolute atomic E-state index is 0.0102. The van der Waals surface area contributed by atoms with Gasteiger partial charge in [-0.1, -0.05) is 11.6 Å². The molecule has 0 radical (unpaired) electrons. The molecule has 0 aliphatic heterocycles. The van der Waals surface area contributed by atoms with E-state index in [0.717, 1.165) is 17.8 Å². The van der Waals surface area contributed by atoms with Crippen LogP contribution in [0.5, 0.6) is 5.75 Å². The maximum absolute atomic E-state index is 14.5. The molecule has 0 saturated heterocycles. The molecule has 2 heterocycles. The van der Waals surface area contributed by atoms with Crippen molar-refractivity contribution in [1.82, 2.24) is 14.8 Å². The van der Waals surface area contributed by atoms with Gasteiger partial charge >= 0.3 is 0 Å². The highest BCUT2D eigenvalue weighted by atomic mass is 35.5. The third-order valence-corrected chi connectivity index (χ3v) is 3.96. The lowest BCUT2D eigenvalue weighted by atomic mass is 10.0. The maximum Gasteiger partial charge on any atom is 0.159 e. The lowest BCUT2D eigenvalue weighted by Gasteiger charge is -2.10. The van der Waals surface area contributed by atoms with E-state index in [4.69, 9.17) is 16.3 Å². The van der Waals surface area contributed by atoms with Crippen LogP contribution in [-0.4, -0.2) is 21.9 Å². The number of halogens is 3. The van der Waals surface area contributed by atoms with Crippen molar-refractivity contribution in [2.24, 2.45) is 7.05 Å². The van der Waals surface area contributed by atoms with Crippen LogP contribution in [0.4, 0.5) is 8.78 Å². The zero-order valence-electron chi connectivity index (χ0n) is 13.3. The molecule has 0 atom stereocenters. The van der Waals surface area contributed by atoms with Crippen LogP contribution in [-0.2, 0) is 7.05 Å². The minimum Gasteiger partial charge on any atom is -0.497 e. The number of hydrogen-bond acceptors (Lipinski definition) is 3. The Labute approximate surface area is 142 Å². The van der Waals surface area contributed by atoms with Gasteiger partial charge < -0.3 is 4.74 Å². The maximum atomic E-state index is 14.5. The van der Waals surface area contributed by atoms with Crippen LogP contribution < -0.4 is 4.74 Å². The number of nitrogens with zero attached hydrogens (tertiary/aromatic N) is 3. The highest BCUT2D eigenvalue weighted by Gasteiger charge is 2.24. The molecule has 24 heavy (non-hydrogen) atoms. The summed E-state index contributed by atoms with van der Waals surface area (Å²) in [6, 6.07) is 5.83. The van der Waals surface area contributed by atoms with E-state index in [-0.39, 0.29) is 22.0 Å². The molecule has 3 rings (SSSR count). The van der Waals surface area contributed by atoms with Crippen molar-refractivity contribution in [3.8, 4) is 28.1 Å². The number of rotatable bonds is 3. The molecular weight excluding hydrogens is 336 g/mol. The summed E-state index contributed by atoms with van der Waals surface area (Å²) in [6.45, 7) is 1.85. The number of aromatic nitrogens is 3. The van der Waals surface area contributed by atoms with Crippen LogP contribution in [0.2, 0.25) is 5.15 Å². The number of ether oxygens (including phenoxy) is 1. The average molecular weight is 350 g/mol. The fourth-order valence-corrected chi connectivity index (χ4v) is 2.86. The molecule has 0 fully saturated rings. The summed E-state index contributed by atoms with van der Waals surface area (Å²) in [6.07, 6.45) is 1.62. The van der Waals surface area contributed by atoms with Gasteiger partial charge in [0.2, 0.25) is 0 Å². The van der Waals surface area contributed by atoms with Crippen molar-refractivity contribution in [3.63, 3.8) is 0 Å². The number of aryl methyl sites for hydroxylation is 2. The first kappa shape index (κ1) is 16.4. The normalized spacial score (nSPS) is 10.9. The Morgan fingerprint density at radius 3 is 2.33 bits per heavy atom. The van der Waals surface area contributed by atoms with Gasteiger partial charge in [-0.05, 0) is 19.1 Å². The summed E-state index contributed by atoms with van der Waals surface area (Å²) in [5, 5.41) is 4.11. The lowest BCUT2D eigenvalue weighted by molar-refractivity contribution is 0.407. The largest absolute Gasteiger partial charge is 0.497 e. The third-order valence-electron chi connectivity index (χ3n) is 3.69. The standard InChI is InChI=1S/C17H14ClF2N3O/c1-9-4-5-10(8-21-9)16-15(17(18)22-23(16)2)14-12(19)6-11(24-3)7-13(14)20/h4-8H,1-3H3. The van der Waals surface area contributed by atoms with Gasteiger partial charge in [0.25, 0.3) is 0 Å². The quantitative estimate of drug-likeness (QED) is 0.703. The van der Waals surface area contributed by atoms with Gasteiger partial charge in [0.1, 0.15) is 17.4 Å². The van der Waals surface area contributed by atoms with Gasteiger partial charge in [-0.15, -0.1) is 0 Å². The van der Waals surface area contributed by atoms with E-state index >= 15 is 0 Å². The second-order valence-electron chi connectivity index (χ2n) is 5.29. The molecule has 7 heteroatoms. The molecule has 124 valence electrons. The Kier molecular flexibility index (Phi) is 4.24. The van der Waals surface area contributed by atoms with Gasteiger partial charge in [0.15, 0.2) is 5.15 Å². The highest BCUT2D eigenvalue weighted by molar-refractivity contribution is 6.33. The number of benzene rings is 1. The average Bonchev–Trinajstić information content (AvgIpc) is 2.82. The molecule has 0 saturated carbocycles. The van der Waals surface area contributed by atoms with Gasteiger partial charge in [0, 0.05) is 36.6 Å². The first-order valence-electron chi connectivity index (χ1n) is 7.11. The van der Waals surface area contributed by atoms with Gasteiger partial charge in [0.05, 0.1) is 23.9 Å². The van der Waals surface area contributed by atoms with Gasteiger partial charge in [-0.25, -0.2) is 8.78 Å². The van der Waals surface area contributed by atoms with Crippen LogP contribution in [0, 0.1) is 18.6 Å². The van der Waals surface area contributed by atoms with E-state index in [9.17, 15) is 8.78 Å². The Balaban J connectivity index is 2.28. The van der Waals surface area contributed by atoms with Crippen LogP contribution in [0.3, 0.4) is 0 Å². The first-order chi connectivity index (χ1) is 11.4. The molecule has 0 aliphatic rings. The SMILES string of the molecule is COc1cc(F)c(-c2c(Cl)nn(C)c2-c2ccc(C)nc2)c(F)c1. The van der Waals surface area contributed by atoms with Crippen molar-refractivity contribution in [1.29, 1.82) is 0 Å². The Morgan fingerprint density at radius 1 is 1.12 bits per heavy atom. The zero-order valence-corrected chi connectivity index (χ0v) is 14.0.